The Hall–Kier alpha value is -2.35. The predicted octanol–water partition coefficient (Wildman–Crippen LogP) is 0.575. The summed E-state index contributed by atoms with van der Waals surface area (Å²) < 4.78 is 25.4. The van der Waals surface area contributed by atoms with E-state index in [1.54, 1.807) is 0 Å². The first-order chi connectivity index (χ1) is 9.32. The highest BCUT2D eigenvalue weighted by Crippen LogP contribution is 2.20. The van der Waals surface area contributed by atoms with Crippen molar-refractivity contribution in [2.24, 2.45) is 0 Å². The van der Waals surface area contributed by atoms with Crippen molar-refractivity contribution in [2.75, 3.05) is 13.1 Å². The second kappa shape index (κ2) is 6.20. The fourth-order valence-corrected chi connectivity index (χ4v) is 3.13. The number of terminal acetylenes is 1. The van der Waals surface area contributed by atoms with E-state index in [0.717, 1.165) is 0 Å². The number of benzene rings is 1. The van der Waals surface area contributed by atoms with Crippen LogP contribution in [0.4, 0.5) is 0 Å². The summed E-state index contributed by atoms with van der Waals surface area (Å²) >= 11 is 0. The number of carbonyl (C=O) groups is 1. The molecule has 0 heterocycles. The van der Waals surface area contributed by atoms with Crippen LogP contribution in [0.25, 0.3) is 0 Å². The molecule has 1 rings (SSSR count). The zero-order chi connectivity index (χ0) is 15.3. The minimum Gasteiger partial charge on any atom is -0.480 e. The normalized spacial score (nSPS) is 10.8. The molecule has 7 heteroatoms. The maximum absolute atomic E-state index is 12.4. The van der Waals surface area contributed by atoms with Crippen LogP contribution in [0.15, 0.2) is 23.1 Å². The molecular weight excluding hydrogens is 280 g/mol. The van der Waals surface area contributed by atoms with Crippen molar-refractivity contribution >= 4 is 16.0 Å². The zero-order valence-electron chi connectivity index (χ0n) is 10.7. The van der Waals surface area contributed by atoms with E-state index < -0.39 is 22.5 Å². The van der Waals surface area contributed by atoms with Crippen molar-refractivity contribution in [3.05, 3.63) is 29.3 Å². The van der Waals surface area contributed by atoms with E-state index in [0.29, 0.717) is 15.4 Å². The highest BCUT2D eigenvalue weighted by atomic mass is 32.2. The van der Waals surface area contributed by atoms with Crippen LogP contribution in [0.5, 0.6) is 0 Å². The van der Waals surface area contributed by atoms with Gasteiger partial charge in [-0.1, -0.05) is 5.92 Å². The lowest BCUT2D eigenvalue weighted by atomic mass is 10.2. The molecule has 0 aromatic heterocycles. The molecule has 0 spiro atoms. The molecule has 0 aliphatic heterocycles. The van der Waals surface area contributed by atoms with Gasteiger partial charge < -0.3 is 5.11 Å². The molecule has 1 aromatic rings. The quantitative estimate of drug-likeness (QED) is 0.800. The SMILES string of the molecule is C#CCN(CC(=O)O)S(=O)(=O)c1ccc(C#N)cc1C. The van der Waals surface area contributed by atoms with E-state index in [9.17, 15) is 13.2 Å². The lowest BCUT2D eigenvalue weighted by Crippen LogP contribution is -2.36. The van der Waals surface area contributed by atoms with Gasteiger partial charge in [-0.15, -0.1) is 6.42 Å². The van der Waals surface area contributed by atoms with Gasteiger partial charge in [-0.25, -0.2) is 8.42 Å². The number of hydrogen-bond acceptors (Lipinski definition) is 4. The Balaban J connectivity index is 3.30. The molecule has 0 atom stereocenters. The molecule has 0 amide bonds. The minimum atomic E-state index is -4.01. The average molecular weight is 292 g/mol. The first kappa shape index (κ1) is 15.7. The summed E-state index contributed by atoms with van der Waals surface area (Å²) in [4.78, 5) is 10.7. The van der Waals surface area contributed by atoms with Gasteiger partial charge in [0.1, 0.15) is 6.54 Å². The summed E-state index contributed by atoms with van der Waals surface area (Å²) in [7, 11) is -4.01. The van der Waals surface area contributed by atoms with Gasteiger partial charge in [0, 0.05) is 0 Å². The molecule has 0 aliphatic carbocycles. The van der Waals surface area contributed by atoms with E-state index in [-0.39, 0.29) is 11.4 Å². The molecule has 1 aromatic carbocycles. The third-order valence-electron chi connectivity index (χ3n) is 2.50. The van der Waals surface area contributed by atoms with Crippen molar-refractivity contribution in [3.8, 4) is 18.4 Å². The molecule has 0 radical (unpaired) electrons. The second-order valence-corrected chi connectivity index (χ2v) is 5.87. The van der Waals surface area contributed by atoms with Crippen LogP contribution < -0.4 is 0 Å². The first-order valence-corrected chi connectivity index (χ1v) is 6.93. The largest absolute Gasteiger partial charge is 0.480 e. The highest BCUT2D eigenvalue weighted by molar-refractivity contribution is 7.89. The van der Waals surface area contributed by atoms with Gasteiger partial charge in [0.05, 0.1) is 23.1 Å². The summed E-state index contributed by atoms with van der Waals surface area (Å²) in [6, 6.07) is 5.94. The van der Waals surface area contributed by atoms with Crippen molar-refractivity contribution in [2.45, 2.75) is 11.8 Å². The summed E-state index contributed by atoms with van der Waals surface area (Å²) in [6.45, 7) is 0.475. The molecule has 0 bridgehead atoms. The number of hydrogen-bond donors (Lipinski definition) is 1. The lowest BCUT2D eigenvalue weighted by Gasteiger charge is -2.19. The Labute approximate surface area is 117 Å². The van der Waals surface area contributed by atoms with Crippen LogP contribution in [-0.2, 0) is 14.8 Å². The van der Waals surface area contributed by atoms with Crippen LogP contribution in [0.2, 0.25) is 0 Å². The maximum atomic E-state index is 12.4. The number of carboxylic acids is 1. The fraction of sp³-hybridized carbons (Fsp3) is 0.231. The Kier molecular flexibility index (Phi) is 4.87. The topological polar surface area (TPSA) is 98.5 Å². The Bertz CT molecular complexity index is 711. The van der Waals surface area contributed by atoms with Crippen molar-refractivity contribution in [1.82, 2.24) is 4.31 Å². The summed E-state index contributed by atoms with van der Waals surface area (Å²) in [5.74, 6) is 0.826. The summed E-state index contributed by atoms with van der Waals surface area (Å²) in [6.07, 6.45) is 5.07. The highest BCUT2D eigenvalue weighted by Gasteiger charge is 2.27. The predicted molar refractivity (Wildman–Crippen MR) is 71.1 cm³/mol. The molecule has 0 unspecified atom stereocenters. The molecule has 104 valence electrons. The van der Waals surface area contributed by atoms with E-state index in [1.165, 1.54) is 25.1 Å². The minimum absolute atomic E-state index is 0.0620. The van der Waals surface area contributed by atoms with Crippen LogP contribution in [0.1, 0.15) is 11.1 Å². The second-order valence-electron chi connectivity index (χ2n) is 3.96. The van der Waals surface area contributed by atoms with Gasteiger partial charge in [0.25, 0.3) is 0 Å². The maximum Gasteiger partial charge on any atom is 0.318 e. The van der Waals surface area contributed by atoms with Crippen molar-refractivity contribution < 1.29 is 18.3 Å². The molecule has 0 saturated carbocycles. The van der Waals surface area contributed by atoms with Gasteiger partial charge >= 0.3 is 5.97 Å². The third kappa shape index (κ3) is 3.35. The molecular formula is C13H12N2O4S. The van der Waals surface area contributed by atoms with Crippen LogP contribution in [-0.4, -0.2) is 36.9 Å². The third-order valence-corrected chi connectivity index (χ3v) is 4.45. The molecule has 20 heavy (non-hydrogen) atoms. The van der Waals surface area contributed by atoms with Crippen molar-refractivity contribution in [1.29, 1.82) is 5.26 Å². The number of aryl methyl sites for hydroxylation is 1. The van der Waals surface area contributed by atoms with Crippen LogP contribution in [0, 0.1) is 30.6 Å². The standard InChI is InChI=1S/C13H12N2O4S/c1-3-6-15(9-13(16)17)20(18,19)12-5-4-11(8-14)7-10(12)2/h1,4-5,7H,6,9H2,2H3,(H,16,17). The first-order valence-electron chi connectivity index (χ1n) is 5.49. The van der Waals surface area contributed by atoms with E-state index in [4.69, 9.17) is 16.8 Å². The van der Waals surface area contributed by atoms with E-state index in [2.05, 4.69) is 5.92 Å². The molecule has 1 N–H and O–H groups in total. The number of rotatable bonds is 5. The number of nitrogens with zero attached hydrogens (tertiary/aromatic N) is 2. The Morgan fingerprint density at radius 2 is 2.15 bits per heavy atom. The smallest absolute Gasteiger partial charge is 0.318 e. The van der Waals surface area contributed by atoms with Gasteiger partial charge in [0.15, 0.2) is 0 Å². The number of sulfonamides is 1. The average Bonchev–Trinajstić information content (AvgIpc) is 2.37. The lowest BCUT2D eigenvalue weighted by molar-refractivity contribution is -0.137. The Morgan fingerprint density at radius 3 is 2.60 bits per heavy atom. The van der Waals surface area contributed by atoms with Gasteiger partial charge in [-0.2, -0.15) is 9.57 Å². The molecule has 0 saturated heterocycles. The van der Waals surface area contributed by atoms with Crippen molar-refractivity contribution in [3.63, 3.8) is 0 Å². The van der Waals surface area contributed by atoms with Crippen LogP contribution >= 0.6 is 0 Å². The Morgan fingerprint density at radius 1 is 1.50 bits per heavy atom. The monoisotopic (exact) mass is 292 g/mol. The van der Waals surface area contributed by atoms with Crippen LogP contribution in [0.3, 0.4) is 0 Å². The van der Waals surface area contributed by atoms with E-state index in [1.807, 2.05) is 6.07 Å². The zero-order valence-corrected chi connectivity index (χ0v) is 11.5. The summed E-state index contributed by atoms with van der Waals surface area (Å²) in [5.41, 5.74) is 0.680. The van der Waals surface area contributed by atoms with Gasteiger partial charge in [-0.05, 0) is 30.7 Å². The molecule has 0 aliphatic rings. The van der Waals surface area contributed by atoms with E-state index >= 15 is 0 Å². The van der Waals surface area contributed by atoms with Gasteiger partial charge in [0.2, 0.25) is 10.0 Å². The van der Waals surface area contributed by atoms with Gasteiger partial charge in [-0.3, -0.25) is 4.79 Å². The fourth-order valence-electron chi connectivity index (χ4n) is 1.63. The molecule has 6 nitrogen and oxygen atoms in total. The number of aliphatic carboxylic acids is 1. The summed E-state index contributed by atoms with van der Waals surface area (Å²) in [5, 5.41) is 17.5. The number of nitriles is 1. The molecule has 0 fully saturated rings. The number of carboxylic acid groups (broad SMARTS) is 1.